The van der Waals surface area contributed by atoms with Gasteiger partial charge in [-0.25, -0.2) is 9.37 Å². The molecule has 2 rings (SSSR count). The van der Waals surface area contributed by atoms with Crippen LogP contribution in [0, 0.1) is 5.82 Å². The second-order valence-electron chi connectivity index (χ2n) is 4.41. The topological polar surface area (TPSA) is 54.0 Å². The molecule has 1 heterocycles. The van der Waals surface area contributed by atoms with Crippen LogP contribution in [0.25, 0.3) is 0 Å². The number of aromatic nitrogens is 1. The van der Waals surface area contributed by atoms with E-state index in [1.807, 2.05) is 6.07 Å². The maximum Gasteiger partial charge on any atom is 0.251 e. The average molecular weight is 308 g/mol. The Balaban J connectivity index is 1.68. The summed E-state index contributed by atoms with van der Waals surface area (Å²) in [7, 11) is 0. The van der Waals surface area contributed by atoms with Crippen LogP contribution in [0.3, 0.4) is 0 Å². The van der Waals surface area contributed by atoms with Gasteiger partial charge in [0.05, 0.1) is 0 Å². The number of halogens is 2. The Morgan fingerprint density at radius 3 is 2.67 bits per heavy atom. The molecule has 1 amide bonds. The zero-order chi connectivity index (χ0) is 15.1. The molecule has 0 aliphatic rings. The van der Waals surface area contributed by atoms with Crippen molar-refractivity contribution in [3.05, 3.63) is 59.1 Å². The van der Waals surface area contributed by atoms with Crippen molar-refractivity contribution in [2.45, 2.75) is 6.42 Å². The number of hydrogen-bond donors (Lipinski definition) is 2. The maximum atomic E-state index is 12.7. The molecule has 0 saturated heterocycles. The van der Waals surface area contributed by atoms with Gasteiger partial charge < -0.3 is 10.6 Å². The largest absolute Gasteiger partial charge is 0.385 e. The zero-order valence-electron chi connectivity index (χ0n) is 11.3. The minimum Gasteiger partial charge on any atom is -0.385 e. The van der Waals surface area contributed by atoms with Gasteiger partial charge in [-0.1, -0.05) is 11.6 Å². The zero-order valence-corrected chi connectivity index (χ0v) is 12.0. The van der Waals surface area contributed by atoms with E-state index in [9.17, 15) is 9.18 Å². The Bertz CT molecular complexity index is 604. The first-order chi connectivity index (χ1) is 10.1. The lowest BCUT2D eigenvalue weighted by Gasteiger charge is -2.07. The van der Waals surface area contributed by atoms with Crippen LogP contribution in [-0.2, 0) is 0 Å². The predicted octanol–water partition coefficient (Wildman–Crippen LogP) is 3.11. The number of pyridine rings is 1. The number of carbonyl (C=O) groups excluding carboxylic acids is 1. The smallest absolute Gasteiger partial charge is 0.251 e. The number of amides is 1. The Labute approximate surface area is 127 Å². The van der Waals surface area contributed by atoms with E-state index >= 15 is 0 Å². The molecule has 0 saturated carbocycles. The summed E-state index contributed by atoms with van der Waals surface area (Å²) in [5.74, 6) is -0.561. The van der Waals surface area contributed by atoms with E-state index in [-0.39, 0.29) is 11.7 Å². The van der Waals surface area contributed by atoms with Crippen molar-refractivity contribution >= 4 is 23.2 Å². The minimum atomic E-state index is -0.355. The van der Waals surface area contributed by atoms with E-state index in [0.717, 1.165) is 12.1 Å². The molecule has 0 spiro atoms. The summed E-state index contributed by atoms with van der Waals surface area (Å²) in [6, 6.07) is 9.01. The number of anilines is 1. The van der Waals surface area contributed by atoms with Crippen molar-refractivity contribution in [1.29, 1.82) is 0 Å². The van der Waals surface area contributed by atoms with Crippen LogP contribution >= 0.6 is 11.6 Å². The molecule has 0 atom stereocenters. The molecule has 2 aromatic rings. The Morgan fingerprint density at radius 1 is 1.19 bits per heavy atom. The summed E-state index contributed by atoms with van der Waals surface area (Å²) in [5, 5.41) is 6.39. The van der Waals surface area contributed by atoms with E-state index < -0.39 is 0 Å². The van der Waals surface area contributed by atoms with E-state index in [0.29, 0.717) is 23.8 Å². The van der Waals surface area contributed by atoms with Gasteiger partial charge in [-0.05, 0) is 42.8 Å². The van der Waals surface area contributed by atoms with Crippen LogP contribution in [-0.4, -0.2) is 24.0 Å². The van der Waals surface area contributed by atoms with Gasteiger partial charge in [-0.15, -0.1) is 0 Å². The number of nitrogens with zero attached hydrogens (tertiary/aromatic N) is 1. The highest BCUT2D eigenvalue weighted by atomic mass is 35.5. The molecule has 0 bridgehead atoms. The number of nitrogens with one attached hydrogen (secondary N) is 2. The molecule has 0 unspecified atom stereocenters. The molecule has 110 valence electrons. The van der Waals surface area contributed by atoms with Crippen molar-refractivity contribution in [3.63, 3.8) is 0 Å². The molecule has 0 aliphatic carbocycles. The van der Waals surface area contributed by atoms with Crippen LogP contribution in [0.15, 0.2) is 42.6 Å². The number of hydrogen-bond acceptors (Lipinski definition) is 3. The van der Waals surface area contributed by atoms with Gasteiger partial charge in [0.1, 0.15) is 11.0 Å². The Morgan fingerprint density at radius 2 is 1.95 bits per heavy atom. The summed E-state index contributed by atoms with van der Waals surface area (Å²) in [5.41, 5.74) is 1.34. The van der Waals surface area contributed by atoms with Crippen molar-refractivity contribution in [1.82, 2.24) is 10.3 Å². The molecule has 21 heavy (non-hydrogen) atoms. The third-order valence-electron chi connectivity index (χ3n) is 2.80. The van der Waals surface area contributed by atoms with Crippen molar-refractivity contribution in [3.8, 4) is 0 Å². The number of benzene rings is 1. The molecule has 2 N–H and O–H groups in total. The van der Waals surface area contributed by atoms with Crippen molar-refractivity contribution < 1.29 is 9.18 Å². The highest BCUT2D eigenvalue weighted by Crippen LogP contribution is 2.11. The van der Waals surface area contributed by atoms with Crippen LogP contribution < -0.4 is 10.6 Å². The van der Waals surface area contributed by atoms with Gasteiger partial charge in [0.25, 0.3) is 5.91 Å². The Hall–Kier alpha value is -2.14. The quantitative estimate of drug-likeness (QED) is 0.637. The minimum absolute atomic E-state index is 0.207. The number of carbonyl (C=O) groups is 1. The molecule has 1 aromatic carbocycles. The fourth-order valence-corrected chi connectivity index (χ4v) is 1.91. The van der Waals surface area contributed by atoms with Gasteiger partial charge in [-0.2, -0.15) is 0 Å². The molecule has 0 radical (unpaired) electrons. The summed E-state index contributed by atoms with van der Waals surface area (Å²) < 4.78 is 12.7. The third-order valence-corrected chi connectivity index (χ3v) is 3.01. The molecule has 6 heteroatoms. The summed E-state index contributed by atoms with van der Waals surface area (Å²) in [6.45, 7) is 1.23. The first-order valence-corrected chi connectivity index (χ1v) is 6.92. The van der Waals surface area contributed by atoms with Crippen molar-refractivity contribution in [2.24, 2.45) is 0 Å². The van der Waals surface area contributed by atoms with E-state index in [2.05, 4.69) is 15.6 Å². The first kappa shape index (κ1) is 15.3. The normalized spacial score (nSPS) is 10.2. The van der Waals surface area contributed by atoms with Crippen LogP contribution in [0.2, 0.25) is 5.15 Å². The van der Waals surface area contributed by atoms with Gasteiger partial charge in [0.15, 0.2) is 0 Å². The second kappa shape index (κ2) is 7.59. The van der Waals surface area contributed by atoms with Crippen LogP contribution in [0.5, 0.6) is 0 Å². The lowest BCUT2D eigenvalue weighted by molar-refractivity contribution is 0.0953. The fraction of sp³-hybridized carbons (Fsp3) is 0.200. The van der Waals surface area contributed by atoms with Crippen LogP contribution in [0.1, 0.15) is 16.8 Å². The third kappa shape index (κ3) is 5.04. The maximum absolute atomic E-state index is 12.7. The van der Waals surface area contributed by atoms with Crippen LogP contribution in [0.4, 0.5) is 10.1 Å². The summed E-state index contributed by atoms with van der Waals surface area (Å²) in [6.07, 6.45) is 2.38. The van der Waals surface area contributed by atoms with E-state index in [1.54, 1.807) is 12.3 Å². The second-order valence-corrected chi connectivity index (χ2v) is 4.80. The highest BCUT2D eigenvalue weighted by molar-refractivity contribution is 6.29. The standard InChI is InChI=1S/C15H15ClFN3O/c16-14-10-13(6-9-19-14)18-7-1-8-20-15(21)11-2-4-12(17)5-3-11/h2-6,9-10H,1,7-8H2,(H,18,19)(H,20,21). The number of rotatable bonds is 6. The summed E-state index contributed by atoms with van der Waals surface area (Å²) in [4.78, 5) is 15.6. The molecule has 1 aromatic heterocycles. The lowest BCUT2D eigenvalue weighted by Crippen LogP contribution is -2.25. The molecular formula is C15H15ClFN3O. The molecule has 4 nitrogen and oxygen atoms in total. The Kier molecular flexibility index (Phi) is 5.51. The monoisotopic (exact) mass is 307 g/mol. The van der Waals surface area contributed by atoms with Gasteiger partial charge in [-0.3, -0.25) is 4.79 Å². The van der Waals surface area contributed by atoms with Gasteiger partial charge >= 0.3 is 0 Å². The summed E-state index contributed by atoms with van der Waals surface area (Å²) >= 11 is 5.77. The molecule has 0 fully saturated rings. The van der Waals surface area contributed by atoms with E-state index in [1.165, 1.54) is 24.3 Å². The fourth-order valence-electron chi connectivity index (χ4n) is 1.74. The highest BCUT2D eigenvalue weighted by Gasteiger charge is 2.04. The van der Waals surface area contributed by atoms with Gasteiger partial charge in [0, 0.05) is 30.5 Å². The average Bonchev–Trinajstić information content (AvgIpc) is 2.47. The molecular weight excluding hydrogens is 293 g/mol. The van der Waals surface area contributed by atoms with Gasteiger partial charge in [0.2, 0.25) is 0 Å². The lowest BCUT2D eigenvalue weighted by atomic mass is 10.2. The van der Waals surface area contributed by atoms with Crippen molar-refractivity contribution in [2.75, 3.05) is 18.4 Å². The first-order valence-electron chi connectivity index (χ1n) is 6.54. The van der Waals surface area contributed by atoms with E-state index in [4.69, 9.17) is 11.6 Å². The molecule has 0 aliphatic heterocycles. The predicted molar refractivity (Wildman–Crippen MR) is 81.1 cm³/mol. The SMILES string of the molecule is O=C(NCCCNc1ccnc(Cl)c1)c1ccc(F)cc1.